The van der Waals surface area contributed by atoms with E-state index in [2.05, 4.69) is 11.5 Å². The van der Waals surface area contributed by atoms with Gasteiger partial charge in [-0.25, -0.2) is 0 Å². The molecule has 2 heteroatoms. The summed E-state index contributed by atoms with van der Waals surface area (Å²) < 4.78 is 0. The van der Waals surface area contributed by atoms with Crippen molar-refractivity contribution in [1.29, 1.82) is 0 Å². The van der Waals surface area contributed by atoms with E-state index in [1.807, 2.05) is 6.92 Å². The predicted molar refractivity (Wildman–Crippen MR) is 50.1 cm³/mol. The number of piperidine rings is 1. The first kappa shape index (κ1) is 9.46. The van der Waals surface area contributed by atoms with Crippen molar-refractivity contribution in [3.63, 3.8) is 0 Å². The molecular formula is C10H17NO. The Hall–Kier alpha value is -0.630. The third-order valence-electron chi connectivity index (χ3n) is 2.55. The minimum absolute atomic E-state index is 0.0443. The molecular weight excluding hydrogens is 150 g/mol. The SMILES string of the molecule is C=CC(=O)[C@@H](C)N1CCCCC1. The van der Waals surface area contributed by atoms with Crippen molar-refractivity contribution in [2.24, 2.45) is 0 Å². The lowest BCUT2D eigenvalue weighted by Gasteiger charge is -2.30. The molecule has 0 aromatic carbocycles. The topological polar surface area (TPSA) is 20.3 Å². The molecule has 0 unspecified atom stereocenters. The van der Waals surface area contributed by atoms with Gasteiger partial charge in [-0.1, -0.05) is 13.0 Å². The van der Waals surface area contributed by atoms with Gasteiger partial charge in [0.15, 0.2) is 5.78 Å². The van der Waals surface area contributed by atoms with Crippen molar-refractivity contribution >= 4 is 5.78 Å². The number of hydrogen-bond acceptors (Lipinski definition) is 2. The summed E-state index contributed by atoms with van der Waals surface area (Å²) >= 11 is 0. The van der Waals surface area contributed by atoms with Gasteiger partial charge in [0.05, 0.1) is 6.04 Å². The Morgan fingerprint density at radius 1 is 1.42 bits per heavy atom. The zero-order valence-electron chi connectivity index (χ0n) is 7.75. The van der Waals surface area contributed by atoms with E-state index in [0.717, 1.165) is 13.1 Å². The second-order valence-electron chi connectivity index (χ2n) is 3.38. The first-order valence-corrected chi connectivity index (χ1v) is 4.66. The molecule has 12 heavy (non-hydrogen) atoms. The fourth-order valence-corrected chi connectivity index (χ4v) is 1.66. The van der Waals surface area contributed by atoms with Crippen LogP contribution in [-0.2, 0) is 4.79 Å². The van der Waals surface area contributed by atoms with Crippen LogP contribution in [0.4, 0.5) is 0 Å². The number of hydrogen-bond donors (Lipinski definition) is 0. The van der Waals surface area contributed by atoms with Crippen LogP contribution in [0.3, 0.4) is 0 Å². The van der Waals surface area contributed by atoms with E-state index < -0.39 is 0 Å². The summed E-state index contributed by atoms with van der Waals surface area (Å²) in [6, 6.07) is 0.0443. The highest BCUT2D eigenvalue weighted by atomic mass is 16.1. The van der Waals surface area contributed by atoms with Crippen LogP contribution in [-0.4, -0.2) is 29.8 Å². The van der Waals surface area contributed by atoms with Crippen LogP contribution in [0, 0.1) is 0 Å². The molecule has 1 aliphatic rings. The maximum absolute atomic E-state index is 11.3. The molecule has 0 bridgehead atoms. The minimum Gasteiger partial charge on any atom is -0.294 e. The lowest BCUT2D eigenvalue weighted by molar-refractivity contribution is -0.119. The third kappa shape index (κ3) is 2.18. The van der Waals surface area contributed by atoms with Crippen molar-refractivity contribution in [2.45, 2.75) is 32.2 Å². The zero-order valence-corrected chi connectivity index (χ0v) is 7.75. The van der Waals surface area contributed by atoms with Crippen molar-refractivity contribution in [1.82, 2.24) is 4.90 Å². The van der Waals surface area contributed by atoms with Crippen molar-refractivity contribution in [2.75, 3.05) is 13.1 Å². The van der Waals surface area contributed by atoms with Gasteiger partial charge in [0.2, 0.25) is 0 Å². The second kappa shape index (κ2) is 4.41. The molecule has 0 amide bonds. The fourth-order valence-electron chi connectivity index (χ4n) is 1.66. The molecule has 0 aromatic heterocycles. The van der Waals surface area contributed by atoms with Gasteiger partial charge in [-0.15, -0.1) is 0 Å². The Kier molecular flexibility index (Phi) is 3.48. The van der Waals surface area contributed by atoms with E-state index in [-0.39, 0.29) is 11.8 Å². The van der Waals surface area contributed by atoms with Crippen LogP contribution in [0.2, 0.25) is 0 Å². The molecule has 1 saturated heterocycles. The molecule has 0 saturated carbocycles. The summed E-state index contributed by atoms with van der Waals surface area (Å²) in [5.41, 5.74) is 0. The van der Waals surface area contributed by atoms with Crippen molar-refractivity contribution < 1.29 is 4.79 Å². The fraction of sp³-hybridized carbons (Fsp3) is 0.700. The number of likely N-dealkylation sites (tertiary alicyclic amines) is 1. The number of nitrogens with zero attached hydrogens (tertiary/aromatic N) is 1. The highest BCUT2D eigenvalue weighted by molar-refractivity contribution is 5.93. The number of carbonyl (C=O) groups is 1. The lowest BCUT2D eigenvalue weighted by atomic mass is 10.1. The molecule has 1 aliphatic heterocycles. The zero-order chi connectivity index (χ0) is 8.97. The van der Waals surface area contributed by atoms with Crippen LogP contribution in [0.1, 0.15) is 26.2 Å². The molecule has 0 N–H and O–H groups in total. The van der Waals surface area contributed by atoms with E-state index >= 15 is 0 Å². The Morgan fingerprint density at radius 3 is 2.50 bits per heavy atom. The van der Waals surface area contributed by atoms with E-state index in [1.54, 1.807) is 0 Å². The monoisotopic (exact) mass is 167 g/mol. The van der Waals surface area contributed by atoms with E-state index in [4.69, 9.17) is 0 Å². The Labute approximate surface area is 74.2 Å². The summed E-state index contributed by atoms with van der Waals surface area (Å²) in [5.74, 6) is 0.150. The molecule has 1 rings (SSSR count). The number of rotatable bonds is 3. The maximum atomic E-state index is 11.3. The van der Waals surface area contributed by atoms with Gasteiger partial charge in [-0.3, -0.25) is 9.69 Å². The van der Waals surface area contributed by atoms with Crippen LogP contribution in [0.25, 0.3) is 0 Å². The van der Waals surface area contributed by atoms with Crippen LogP contribution in [0.15, 0.2) is 12.7 Å². The van der Waals surface area contributed by atoms with Gasteiger partial charge in [0, 0.05) is 0 Å². The highest BCUT2D eigenvalue weighted by Gasteiger charge is 2.20. The molecule has 1 fully saturated rings. The highest BCUT2D eigenvalue weighted by Crippen LogP contribution is 2.12. The molecule has 68 valence electrons. The van der Waals surface area contributed by atoms with E-state index in [1.165, 1.54) is 25.3 Å². The van der Waals surface area contributed by atoms with Crippen molar-refractivity contribution in [3.8, 4) is 0 Å². The number of ketones is 1. The quantitative estimate of drug-likeness (QED) is 0.595. The smallest absolute Gasteiger partial charge is 0.171 e. The van der Waals surface area contributed by atoms with Crippen LogP contribution in [0.5, 0.6) is 0 Å². The van der Waals surface area contributed by atoms with Gasteiger partial charge in [-0.2, -0.15) is 0 Å². The summed E-state index contributed by atoms with van der Waals surface area (Å²) in [7, 11) is 0. The third-order valence-corrected chi connectivity index (χ3v) is 2.55. The van der Waals surface area contributed by atoms with Gasteiger partial charge < -0.3 is 0 Å². The van der Waals surface area contributed by atoms with Crippen LogP contribution < -0.4 is 0 Å². The van der Waals surface area contributed by atoms with Crippen LogP contribution >= 0.6 is 0 Å². The summed E-state index contributed by atoms with van der Waals surface area (Å²) in [5, 5.41) is 0. The van der Waals surface area contributed by atoms with Gasteiger partial charge >= 0.3 is 0 Å². The molecule has 0 aliphatic carbocycles. The lowest BCUT2D eigenvalue weighted by Crippen LogP contribution is -2.41. The maximum Gasteiger partial charge on any atom is 0.171 e. The average molecular weight is 167 g/mol. The normalized spacial score (nSPS) is 21.8. The largest absolute Gasteiger partial charge is 0.294 e. The van der Waals surface area contributed by atoms with Gasteiger partial charge in [0.1, 0.15) is 0 Å². The molecule has 0 spiro atoms. The van der Waals surface area contributed by atoms with E-state index in [0.29, 0.717) is 0 Å². The Bertz CT molecular complexity index is 171. The molecule has 0 radical (unpaired) electrons. The van der Waals surface area contributed by atoms with Gasteiger partial charge in [-0.05, 0) is 38.9 Å². The first-order valence-electron chi connectivity index (χ1n) is 4.66. The summed E-state index contributed by atoms with van der Waals surface area (Å²) in [4.78, 5) is 13.5. The average Bonchev–Trinajstić information content (AvgIpc) is 2.17. The summed E-state index contributed by atoms with van der Waals surface area (Å²) in [6.45, 7) is 7.61. The standard InChI is InChI=1S/C10H17NO/c1-3-10(12)9(2)11-7-5-4-6-8-11/h3,9H,1,4-8H2,2H3/t9-/m1/s1. The Balaban J connectivity index is 2.44. The molecule has 2 nitrogen and oxygen atoms in total. The second-order valence-corrected chi connectivity index (χ2v) is 3.38. The number of carbonyl (C=O) groups excluding carboxylic acids is 1. The van der Waals surface area contributed by atoms with E-state index in [9.17, 15) is 4.79 Å². The molecule has 1 atom stereocenters. The minimum atomic E-state index is 0.0443. The molecule has 1 heterocycles. The van der Waals surface area contributed by atoms with Gasteiger partial charge in [0.25, 0.3) is 0 Å². The Morgan fingerprint density at radius 2 is 2.00 bits per heavy atom. The molecule has 0 aromatic rings. The predicted octanol–water partition coefficient (Wildman–Crippen LogP) is 1.62. The summed E-state index contributed by atoms with van der Waals surface area (Å²) in [6.07, 6.45) is 5.20. The van der Waals surface area contributed by atoms with Crippen molar-refractivity contribution in [3.05, 3.63) is 12.7 Å². The first-order chi connectivity index (χ1) is 5.75.